The number of aliphatic hydroxyl groups excluding tert-OH is 1. The lowest BCUT2D eigenvalue weighted by molar-refractivity contribution is -0.246. The lowest BCUT2D eigenvalue weighted by Crippen LogP contribution is -2.64. The second-order valence-corrected chi connectivity index (χ2v) is 8.30. The molecule has 1 spiro atoms. The number of fused-ring (bicyclic) bond motifs is 1. The molecular formula is C19H24ClN3O4. The number of hydrogen-bond donors (Lipinski definition) is 2. The van der Waals surface area contributed by atoms with Gasteiger partial charge in [0, 0.05) is 38.3 Å². The van der Waals surface area contributed by atoms with Crippen LogP contribution < -0.4 is 5.56 Å². The highest BCUT2D eigenvalue weighted by atomic mass is 35.5. The van der Waals surface area contributed by atoms with Crippen molar-refractivity contribution < 1.29 is 14.9 Å². The molecule has 2 N–H and O–H groups in total. The van der Waals surface area contributed by atoms with Gasteiger partial charge in [0.1, 0.15) is 11.8 Å². The maximum Gasteiger partial charge on any atom is 0.258 e. The predicted octanol–water partition coefficient (Wildman–Crippen LogP) is 1.21. The van der Waals surface area contributed by atoms with Crippen LogP contribution in [0.5, 0.6) is 0 Å². The van der Waals surface area contributed by atoms with Gasteiger partial charge in [-0.25, -0.2) is 4.98 Å². The molecule has 7 nitrogen and oxygen atoms in total. The van der Waals surface area contributed by atoms with Crippen LogP contribution in [-0.4, -0.2) is 61.5 Å². The summed E-state index contributed by atoms with van der Waals surface area (Å²) >= 11 is 5.94. The van der Waals surface area contributed by atoms with Crippen molar-refractivity contribution in [3.63, 3.8) is 0 Å². The number of hydrogen-bond acceptors (Lipinski definition) is 6. The Labute approximate surface area is 162 Å². The second-order valence-electron chi connectivity index (χ2n) is 7.86. The number of piperidine rings is 1. The SMILES string of the molecule is C[C@@]1(O)CCOC2(CCN(Cc3cc(=O)n4cc(Cl)ccc4n3)CC2)[C@H]1O. The molecule has 2 aromatic heterocycles. The Morgan fingerprint density at radius 3 is 2.81 bits per heavy atom. The van der Waals surface area contributed by atoms with Crippen LogP contribution in [0, 0.1) is 0 Å². The molecule has 0 saturated carbocycles. The lowest BCUT2D eigenvalue weighted by Gasteiger charge is -2.51. The standard InChI is InChI=1S/C19H24ClN3O4/c1-18(26)6-9-27-19(17(18)25)4-7-22(8-5-19)12-14-10-16(24)23-11-13(20)2-3-15(23)21-14/h2-3,10-11,17,25-26H,4-9,12H2,1H3/t17-,18+/m0/s1. The Hall–Kier alpha value is -1.51. The molecule has 0 aromatic carbocycles. The molecular weight excluding hydrogens is 370 g/mol. The van der Waals surface area contributed by atoms with Crippen molar-refractivity contribution in [3.8, 4) is 0 Å². The van der Waals surface area contributed by atoms with E-state index in [1.165, 1.54) is 10.5 Å². The maximum absolute atomic E-state index is 12.3. The predicted molar refractivity (Wildman–Crippen MR) is 101 cm³/mol. The molecule has 0 amide bonds. The van der Waals surface area contributed by atoms with Gasteiger partial charge in [-0.05, 0) is 31.9 Å². The molecule has 0 aliphatic carbocycles. The summed E-state index contributed by atoms with van der Waals surface area (Å²) in [5, 5.41) is 21.5. The third-order valence-corrected chi connectivity index (χ3v) is 6.07. The second kappa shape index (κ2) is 6.83. The number of halogens is 1. The fourth-order valence-corrected chi connectivity index (χ4v) is 4.35. The molecule has 27 heavy (non-hydrogen) atoms. The zero-order valence-corrected chi connectivity index (χ0v) is 16.0. The van der Waals surface area contributed by atoms with Gasteiger partial charge < -0.3 is 14.9 Å². The van der Waals surface area contributed by atoms with Crippen LogP contribution in [-0.2, 0) is 11.3 Å². The normalized spacial score (nSPS) is 28.7. The summed E-state index contributed by atoms with van der Waals surface area (Å²) in [4.78, 5) is 19.1. The lowest BCUT2D eigenvalue weighted by atomic mass is 9.75. The summed E-state index contributed by atoms with van der Waals surface area (Å²) in [6.45, 7) is 4.09. The quantitative estimate of drug-likeness (QED) is 0.797. The summed E-state index contributed by atoms with van der Waals surface area (Å²) in [7, 11) is 0. The number of likely N-dealkylation sites (tertiary alicyclic amines) is 1. The van der Waals surface area contributed by atoms with Crippen LogP contribution in [0.3, 0.4) is 0 Å². The van der Waals surface area contributed by atoms with Crippen LogP contribution in [0.25, 0.3) is 5.65 Å². The van der Waals surface area contributed by atoms with Crippen molar-refractivity contribution in [1.29, 1.82) is 0 Å². The van der Waals surface area contributed by atoms with Crippen LogP contribution in [0.15, 0.2) is 29.2 Å². The van der Waals surface area contributed by atoms with E-state index in [9.17, 15) is 15.0 Å². The maximum atomic E-state index is 12.3. The fourth-order valence-electron chi connectivity index (χ4n) is 4.19. The smallest absolute Gasteiger partial charge is 0.258 e. The van der Waals surface area contributed by atoms with E-state index >= 15 is 0 Å². The Balaban J connectivity index is 1.47. The first-order chi connectivity index (χ1) is 12.8. The third kappa shape index (κ3) is 3.50. The van der Waals surface area contributed by atoms with E-state index in [1.807, 2.05) is 0 Å². The molecule has 4 rings (SSSR count). The molecule has 0 unspecified atom stereocenters. The highest BCUT2D eigenvalue weighted by Gasteiger charge is 2.52. The molecule has 4 heterocycles. The third-order valence-electron chi connectivity index (χ3n) is 5.85. The minimum absolute atomic E-state index is 0.159. The Bertz CT molecular complexity index is 905. The van der Waals surface area contributed by atoms with E-state index in [4.69, 9.17) is 16.3 Å². The molecule has 8 heteroatoms. The van der Waals surface area contributed by atoms with Gasteiger partial charge in [-0.2, -0.15) is 0 Å². The Morgan fingerprint density at radius 1 is 1.33 bits per heavy atom. The summed E-state index contributed by atoms with van der Waals surface area (Å²) < 4.78 is 7.36. The van der Waals surface area contributed by atoms with E-state index in [1.54, 1.807) is 25.3 Å². The first-order valence-corrected chi connectivity index (χ1v) is 9.62. The zero-order chi connectivity index (χ0) is 19.2. The van der Waals surface area contributed by atoms with Gasteiger partial charge in [-0.1, -0.05) is 11.6 Å². The van der Waals surface area contributed by atoms with Crippen LogP contribution in [0.1, 0.15) is 31.9 Å². The van der Waals surface area contributed by atoms with Crippen molar-refractivity contribution in [3.05, 3.63) is 45.5 Å². The van der Waals surface area contributed by atoms with Crippen LogP contribution >= 0.6 is 11.6 Å². The van der Waals surface area contributed by atoms with E-state index in [0.717, 1.165) is 0 Å². The number of aromatic nitrogens is 2. The highest BCUT2D eigenvalue weighted by Crippen LogP contribution is 2.39. The van der Waals surface area contributed by atoms with Gasteiger partial charge >= 0.3 is 0 Å². The zero-order valence-electron chi connectivity index (χ0n) is 15.3. The molecule has 0 radical (unpaired) electrons. The number of rotatable bonds is 2. The minimum atomic E-state index is -1.11. The van der Waals surface area contributed by atoms with Gasteiger partial charge in [0.05, 0.1) is 28.5 Å². The molecule has 2 atom stereocenters. The molecule has 2 fully saturated rings. The molecule has 146 valence electrons. The van der Waals surface area contributed by atoms with Gasteiger partial charge in [-0.15, -0.1) is 0 Å². The molecule has 2 aromatic rings. The van der Waals surface area contributed by atoms with E-state index in [0.29, 0.717) is 61.9 Å². The number of ether oxygens (including phenoxy) is 1. The number of pyridine rings is 1. The van der Waals surface area contributed by atoms with Gasteiger partial charge in [0.25, 0.3) is 5.56 Å². The molecule has 0 bridgehead atoms. The van der Waals surface area contributed by atoms with Crippen molar-refractivity contribution in [2.75, 3.05) is 19.7 Å². The minimum Gasteiger partial charge on any atom is -0.387 e. The number of aliphatic hydroxyl groups is 2. The van der Waals surface area contributed by atoms with Crippen LogP contribution in [0.4, 0.5) is 0 Å². The average Bonchev–Trinajstić information content (AvgIpc) is 2.62. The summed E-state index contributed by atoms with van der Waals surface area (Å²) in [5.41, 5.74) is -0.692. The average molecular weight is 394 g/mol. The molecule has 2 saturated heterocycles. The monoisotopic (exact) mass is 393 g/mol. The van der Waals surface area contributed by atoms with E-state index < -0.39 is 17.3 Å². The summed E-state index contributed by atoms with van der Waals surface area (Å²) in [5.74, 6) is 0. The van der Waals surface area contributed by atoms with Gasteiger partial charge in [0.15, 0.2) is 0 Å². The van der Waals surface area contributed by atoms with E-state index in [-0.39, 0.29) is 5.56 Å². The van der Waals surface area contributed by atoms with Gasteiger partial charge in [0.2, 0.25) is 0 Å². The Kier molecular flexibility index (Phi) is 4.76. The first-order valence-electron chi connectivity index (χ1n) is 9.24. The van der Waals surface area contributed by atoms with Crippen molar-refractivity contribution in [1.82, 2.24) is 14.3 Å². The Morgan fingerprint density at radius 2 is 2.07 bits per heavy atom. The van der Waals surface area contributed by atoms with Gasteiger partial charge in [-0.3, -0.25) is 14.1 Å². The number of nitrogens with zero attached hydrogens (tertiary/aromatic N) is 3. The van der Waals surface area contributed by atoms with Crippen molar-refractivity contribution in [2.24, 2.45) is 0 Å². The van der Waals surface area contributed by atoms with Crippen molar-refractivity contribution >= 4 is 17.2 Å². The van der Waals surface area contributed by atoms with E-state index in [2.05, 4.69) is 9.88 Å². The fraction of sp³-hybridized carbons (Fsp3) is 0.579. The molecule has 2 aliphatic heterocycles. The topological polar surface area (TPSA) is 87.3 Å². The summed E-state index contributed by atoms with van der Waals surface area (Å²) in [6.07, 6.45) is 2.37. The first kappa shape index (κ1) is 18.8. The van der Waals surface area contributed by atoms with Crippen molar-refractivity contribution in [2.45, 2.75) is 50.0 Å². The molecule has 2 aliphatic rings. The van der Waals surface area contributed by atoms with Crippen LogP contribution in [0.2, 0.25) is 5.02 Å². The summed E-state index contributed by atoms with van der Waals surface area (Å²) in [6, 6.07) is 4.97. The highest BCUT2D eigenvalue weighted by molar-refractivity contribution is 6.30. The largest absolute Gasteiger partial charge is 0.387 e.